The fraction of sp³-hybridized carbons (Fsp3) is 0.174. The van der Waals surface area contributed by atoms with Gasteiger partial charge in [-0.2, -0.15) is 10.2 Å². The van der Waals surface area contributed by atoms with Gasteiger partial charge in [-0.05, 0) is 56.7 Å². The number of rotatable bonds is 7. The summed E-state index contributed by atoms with van der Waals surface area (Å²) in [6.45, 7) is 6.01. The van der Waals surface area contributed by atoms with Crippen molar-refractivity contribution in [1.82, 2.24) is 19.6 Å². The number of ether oxygens (including phenoxy) is 1. The van der Waals surface area contributed by atoms with Crippen LogP contribution in [0.15, 0.2) is 54.7 Å². The summed E-state index contributed by atoms with van der Waals surface area (Å²) >= 11 is 6.04. The van der Waals surface area contributed by atoms with E-state index < -0.39 is 10.8 Å². The summed E-state index contributed by atoms with van der Waals surface area (Å²) in [5.74, 6) is 0.143. The van der Waals surface area contributed by atoms with Crippen LogP contribution >= 0.6 is 11.6 Å². The molecule has 0 spiro atoms. The van der Waals surface area contributed by atoms with Gasteiger partial charge in [0.2, 0.25) is 0 Å². The van der Waals surface area contributed by atoms with E-state index in [9.17, 15) is 14.9 Å². The zero-order valence-corrected chi connectivity index (χ0v) is 19.4. The molecule has 2 aromatic heterocycles. The second kappa shape index (κ2) is 9.36. The fourth-order valence-corrected chi connectivity index (χ4v) is 3.47. The Bertz CT molecular complexity index is 1390. The summed E-state index contributed by atoms with van der Waals surface area (Å²) in [5.41, 5.74) is 2.79. The summed E-state index contributed by atoms with van der Waals surface area (Å²) < 4.78 is 9.13. The van der Waals surface area contributed by atoms with Gasteiger partial charge in [0.1, 0.15) is 18.2 Å². The number of halogens is 1. The first kappa shape index (κ1) is 23.0. The van der Waals surface area contributed by atoms with Crippen LogP contribution in [0.1, 0.15) is 27.4 Å². The first-order chi connectivity index (χ1) is 16.2. The molecule has 0 saturated carbocycles. The number of aromatic nitrogens is 4. The van der Waals surface area contributed by atoms with Crippen molar-refractivity contribution in [1.29, 1.82) is 0 Å². The maximum absolute atomic E-state index is 12.7. The van der Waals surface area contributed by atoms with Gasteiger partial charge in [0.25, 0.3) is 11.6 Å². The average molecular weight is 481 g/mol. The third-order valence-electron chi connectivity index (χ3n) is 4.98. The number of nitro benzene ring substituents is 1. The highest BCUT2D eigenvalue weighted by Crippen LogP contribution is 2.31. The van der Waals surface area contributed by atoms with Crippen molar-refractivity contribution < 1.29 is 14.5 Å². The number of amides is 1. The molecule has 0 aliphatic rings. The molecule has 0 aliphatic heterocycles. The molecule has 0 radical (unpaired) electrons. The standard InChI is InChI=1S/C23H21ClN6O4/c1-14-8-19(4-5-21(14)24)34-20-11-17(10-18(12-20)30(32)33)25-23(31)22-6-7-28(27-22)13-29-16(3)9-15(2)26-29/h4-12H,13H2,1-3H3,(H,25,31). The Morgan fingerprint density at radius 3 is 2.56 bits per heavy atom. The van der Waals surface area contributed by atoms with Crippen LogP contribution < -0.4 is 10.1 Å². The summed E-state index contributed by atoms with van der Waals surface area (Å²) in [6.07, 6.45) is 1.66. The first-order valence-electron chi connectivity index (χ1n) is 10.3. The summed E-state index contributed by atoms with van der Waals surface area (Å²) in [4.78, 5) is 23.6. The zero-order valence-electron chi connectivity index (χ0n) is 18.7. The van der Waals surface area contributed by atoms with Gasteiger partial charge in [0, 0.05) is 29.0 Å². The van der Waals surface area contributed by atoms with Crippen molar-refractivity contribution in [3.05, 3.63) is 92.5 Å². The molecule has 0 fully saturated rings. The van der Waals surface area contributed by atoms with E-state index in [-0.39, 0.29) is 22.8 Å². The van der Waals surface area contributed by atoms with E-state index in [0.717, 1.165) is 17.0 Å². The minimum Gasteiger partial charge on any atom is -0.457 e. The van der Waals surface area contributed by atoms with E-state index in [1.165, 1.54) is 18.2 Å². The second-order valence-electron chi connectivity index (χ2n) is 7.75. The minimum atomic E-state index is -0.557. The van der Waals surface area contributed by atoms with Gasteiger partial charge in [0.05, 0.1) is 22.4 Å². The number of nitro groups is 1. The minimum absolute atomic E-state index is 0.156. The van der Waals surface area contributed by atoms with Crippen LogP contribution in [0, 0.1) is 30.9 Å². The van der Waals surface area contributed by atoms with Gasteiger partial charge >= 0.3 is 0 Å². The molecule has 4 aromatic rings. The molecule has 34 heavy (non-hydrogen) atoms. The van der Waals surface area contributed by atoms with Crippen LogP contribution in [0.25, 0.3) is 0 Å². The number of benzene rings is 2. The van der Waals surface area contributed by atoms with Gasteiger partial charge in [-0.15, -0.1) is 0 Å². The molecule has 2 heterocycles. The molecule has 4 rings (SSSR count). The molecule has 174 valence electrons. The van der Waals surface area contributed by atoms with E-state index in [4.69, 9.17) is 16.3 Å². The molecule has 0 bridgehead atoms. The lowest BCUT2D eigenvalue weighted by molar-refractivity contribution is -0.384. The summed E-state index contributed by atoms with van der Waals surface area (Å²) in [6, 6.07) is 12.6. The number of hydrogen-bond acceptors (Lipinski definition) is 6. The van der Waals surface area contributed by atoms with E-state index in [1.54, 1.807) is 39.8 Å². The number of aryl methyl sites for hydroxylation is 3. The lowest BCUT2D eigenvalue weighted by Crippen LogP contribution is -2.15. The summed E-state index contributed by atoms with van der Waals surface area (Å²) in [7, 11) is 0. The summed E-state index contributed by atoms with van der Waals surface area (Å²) in [5, 5.41) is 23.3. The third kappa shape index (κ3) is 5.24. The normalized spacial score (nSPS) is 10.8. The molecule has 0 unspecified atom stereocenters. The number of anilines is 1. The Hall–Kier alpha value is -4.18. The Morgan fingerprint density at radius 2 is 1.88 bits per heavy atom. The highest BCUT2D eigenvalue weighted by atomic mass is 35.5. The van der Waals surface area contributed by atoms with Crippen LogP contribution in [0.2, 0.25) is 5.02 Å². The molecule has 10 nitrogen and oxygen atoms in total. The quantitative estimate of drug-likeness (QED) is 0.290. The Morgan fingerprint density at radius 1 is 1.09 bits per heavy atom. The van der Waals surface area contributed by atoms with Crippen molar-refractivity contribution in [2.24, 2.45) is 0 Å². The van der Waals surface area contributed by atoms with Crippen LogP contribution in [0.5, 0.6) is 11.5 Å². The molecule has 0 atom stereocenters. The molecular weight excluding hydrogens is 460 g/mol. The van der Waals surface area contributed by atoms with E-state index in [2.05, 4.69) is 15.5 Å². The molecule has 2 aromatic carbocycles. The average Bonchev–Trinajstić information content (AvgIpc) is 3.36. The fourth-order valence-electron chi connectivity index (χ4n) is 3.35. The second-order valence-corrected chi connectivity index (χ2v) is 8.16. The van der Waals surface area contributed by atoms with Crippen LogP contribution in [-0.4, -0.2) is 30.4 Å². The Balaban J connectivity index is 1.53. The number of carbonyl (C=O) groups is 1. The van der Waals surface area contributed by atoms with Crippen molar-refractivity contribution in [2.45, 2.75) is 27.4 Å². The van der Waals surface area contributed by atoms with Crippen LogP contribution in [0.3, 0.4) is 0 Å². The van der Waals surface area contributed by atoms with E-state index in [0.29, 0.717) is 17.4 Å². The molecule has 0 saturated heterocycles. The Kier molecular flexibility index (Phi) is 6.33. The lowest BCUT2D eigenvalue weighted by atomic mass is 10.2. The SMILES string of the molecule is Cc1cc(C)n(Cn2ccc(C(=O)Nc3cc(Oc4ccc(Cl)c(C)c4)cc([N+](=O)[O-])c3)n2)n1. The number of nitrogens with zero attached hydrogens (tertiary/aromatic N) is 5. The highest BCUT2D eigenvalue weighted by Gasteiger charge is 2.16. The number of hydrogen-bond donors (Lipinski definition) is 1. The predicted molar refractivity (Wildman–Crippen MR) is 127 cm³/mol. The highest BCUT2D eigenvalue weighted by molar-refractivity contribution is 6.31. The molecule has 0 aliphatic carbocycles. The number of nitrogens with one attached hydrogen (secondary N) is 1. The van der Waals surface area contributed by atoms with Crippen LogP contribution in [0.4, 0.5) is 11.4 Å². The van der Waals surface area contributed by atoms with Crippen molar-refractivity contribution in [2.75, 3.05) is 5.32 Å². The predicted octanol–water partition coefficient (Wildman–Crippen LogP) is 5.12. The topological polar surface area (TPSA) is 117 Å². The van der Waals surface area contributed by atoms with E-state index >= 15 is 0 Å². The number of non-ortho nitro benzene ring substituents is 1. The lowest BCUT2D eigenvalue weighted by Gasteiger charge is -2.10. The van der Waals surface area contributed by atoms with Gasteiger partial charge < -0.3 is 10.1 Å². The third-order valence-corrected chi connectivity index (χ3v) is 5.40. The van der Waals surface area contributed by atoms with Crippen LogP contribution in [-0.2, 0) is 6.67 Å². The molecule has 1 N–H and O–H groups in total. The van der Waals surface area contributed by atoms with Gasteiger partial charge in [-0.3, -0.25) is 19.6 Å². The maximum atomic E-state index is 12.7. The van der Waals surface area contributed by atoms with Gasteiger partial charge in [0.15, 0.2) is 5.69 Å². The smallest absolute Gasteiger partial charge is 0.276 e. The molecule has 1 amide bonds. The van der Waals surface area contributed by atoms with Gasteiger partial charge in [-0.25, -0.2) is 4.68 Å². The van der Waals surface area contributed by atoms with Gasteiger partial charge in [-0.1, -0.05) is 11.6 Å². The van der Waals surface area contributed by atoms with Crippen molar-refractivity contribution in [3.8, 4) is 11.5 Å². The largest absolute Gasteiger partial charge is 0.457 e. The number of carbonyl (C=O) groups excluding carboxylic acids is 1. The maximum Gasteiger partial charge on any atom is 0.276 e. The van der Waals surface area contributed by atoms with Crippen molar-refractivity contribution in [3.63, 3.8) is 0 Å². The first-order valence-corrected chi connectivity index (χ1v) is 10.6. The zero-order chi connectivity index (χ0) is 24.4. The van der Waals surface area contributed by atoms with E-state index in [1.807, 2.05) is 26.8 Å². The molecular formula is C23H21ClN6O4. The molecule has 11 heteroatoms. The monoisotopic (exact) mass is 480 g/mol. The Labute approximate surface area is 199 Å². The van der Waals surface area contributed by atoms with Crippen molar-refractivity contribution >= 4 is 28.9 Å².